The van der Waals surface area contributed by atoms with Gasteiger partial charge in [-0.05, 0) is 37.6 Å². The highest BCUT2D eigenvalue weighted by Gasteiger charge is 2.06. The van der Waals surface area contributed by atoms with Gasteiger partial charge in [-0.25, -0.2) is 0 Å². The largest absolute Gasteiger partial charge is 0.435 e. The van der Waals surface area contributed by atoms with E-state index in [0.717, 1.165) is 5.56 Å². The van der Waals surface area contributed by atoms with Crippen LogP contribution < -0.4 is 4.74 Å². The molecule has 0 aliphatic heterocycles. The summed E-state index contributed by atoms with van der Waals surface area (Å²) in [5.74, 6) is 5.76. The van der Waals surface area contributed by atoms with Gasteiger partial charge in [-0.15, -0.1) is 5.92 Å². The lowest BCUT2D eigenvalue weighted by atomic mass is 10.1. The zero-order valence-corrected chi connectivity index (χ0v) is 7.97. The van der Waals surface area contributed by atoms with Crippen molar-refractivity contribution < 1.29 is 13.5 Å². The maximum atomic E-state index is 11.9. The lowest BCUT2D eigenvalue weighted by Gasteiger charge is -2.07. The minimum atomic E-state index is -2.78. The van der Waals surface area contributed by atoms with Gasteiger partial charge in [0, 0.05) is 5.56 Å². The minimum Gasteiger partial charge on any atom is -0.435 e. The van der Waals surface area contributed by atoms with Crippen LogP contribution in [0.15, 0.2) is 18.2 Å². The van der Waals surface area contributed by atoms with Crippen LogP contribution in [-0.4, -0.2) is 6.61 Å². The van der Waals surface area contributed by atoms with Crippen molar-refractivity contribution in [2.75, 3.05) is 0 Å². The molecular weight excluding hydrogens is 186 g/mol. The molecule has 1 aromatic carbocycles. The molecule has 0 amide bonds. The van der Waals surface area contributed by atoms with Gasteiger partial charge in [0.2, 0.25) is 0 Å². The van der Waals surface area contributed by atoms with Crippen LogP contribution in [0, 0.1) is 18.8 Å². The molecule has 1 nitrogen and oxygen atoms in total. The highest BCUT2D eigenvalue weighted by atomic mass is 19.3. The fourth-order valence-corrected chi connectivity index (χ4v) is 1.10. The molecule has 0 radical (unpaired) electrons. The summed E-state index contributed by atoms with van der Waals surface area (Å²) in [6, 6.07) is 4.87. The zero-order chi connectivity index (χ0) is 10.6. The summed E-state index contributed by atoms with van der Waals surface area (Å²) in [5, 5.41) is 0. The van der Waals surface area contributed by atoms with Gasteiger partial charge in [-0.3, -0.25) is 0 Å². The number of hydrogen-bond acceptors (Lipinski definition) is 1. The van der Waals surface area contributed by atoms with Crippen molar-refractivity contribution >= 4 is 0 Å². The summed E-state index contributed by atoms with van der Waals surface area (Å²) in [5.41, 5.74) is 1.46. The maximum absolute atomic E-state index is 11.9. The number of aryl methyl sites for hydroxylation is 1. The van der Waals surface area contributed by atoms with E-state index in [0.29, 0.717) is 5.56 Å². The molecule has 0 unspecified atom stereocenters. The summed E-state index contributed by atoms with van der Waals surface area (Å²) in [4.78, 5) is 0. The monoisotopic (exact) mass is 196 g/mol. The Labute approximate surface area is 81.7 Å². The van der Waals surface area contributed by atoms with Gasteiger partial charge in [0.1, 0.15) is 5.75 Å². The van der Waals surface area contributed by atoms with E-state index in [1.54, 1.807) is 26.0 Å². The third kappa shape index (κ3) is 2.74. The van der Waals surface area contributed by atoms with Gasteiger partial charge in [-0.1, -0.05) is 5.92 Å². The quantitative estimate of drug-likeness (QED) is 0.661. The highest BCUT2D eigenvalue weighted by Crippen LogP contribution is 2.20. The van der Waals surface area contributed by atoms with Gasteiger partial charge < -0.3 is 4.74 Å². The van der Waals surface area contributed by atoms with Crippen LogP contribution >= 0.6 is 0 Å². The van der Waals surface area contributed by atoms with E-state index >= 15 is 0 Å². The molecular formula is C11H10F2O. The van der Waals surface area contributed by atoms with Crippen LogP contribution in [0.1, 0.15) is 18.1 Å². The number of benzene rings is 1. The topological polar surface area (TPSA) is 9.23 Å². The Balaban J connectivity index is 2.93. The molecule has 14 heavy (non-hydrogen) atoms. The highest BCUT2D eigenvalue weighted by molar-refractivity contribution is 5.43. The van der Waals surface area contributed by atoms with Crippen LogP contribution in [0.3, 0.4) is 0 Å². The first-order valence-electron chi connectivity index (χ1n) is 4.11. The Morgan fingerprint density at radius 2 is 2.07 bits per heavy atom. The van der Waals surface area contributed by atoms with Crippen molar-refractivity contribution in [2.24, 2.45) is 0 Å². The fourth-order valence-electron chi connectivity index (χ4n) is 1.10. The fraction of sp³-hybridized carbons (Fsp3) is 0.273. The van der Waals surface area contributed by atoms with Gasteiger partial charge in [0.05, 0.1) is 0 Å². The van der Waals surface area contributed by atoms with E-state index < -0.39 is 6.61 Å². The molecule has 0 aliphatic carbocycles. The Kier molecular flexibility index (Phi) is 3.47. The Hall–Kier alpha value is -1.56. The van der Waals surface area contributed by atoms with E-state index in [9.17, 15) is 8.78 Å². The van der Waals surface area contributed by atoms with Crippen molar-refractivity contribution in [1.82, 2.24) is 0 Å². The van der Waals surface area contributed by atoms with Crippen LogP contribution in [0.2, 0.25) is 0 Å². The molecule has 0 saturated carbocycles. The van der Waals surface area contributed by atoms with Gasteiger partial charge in [-0.2, -0.15) is 8.78 Å². The third-order valence-corrected chi connectivity index (χ3v) is 1.66. The first-order valence-corrected chi connectivity index (χ1v) is 4.11. The van der Waals surface area contributed by atoms with E-state index in [2.05, 4.69) is 16.6 Å². The molecule has 1 rings (SSSR count). The molecule has 0 spiro atoms. The number of hydrogen-bond donors (Lipinski definition) is 0. The predicted molar refractivity (Wildman–Crippen MR) is 50.4 cm³/mol. The third-order valence-electron chi connectivity index (χ3n) is 1.66. The lowest BCUT2D eigenvalue weighted by molar-refractivity contribution is -0.0502. The standard InChI is InChI=1S/C11H10F2O/c1-3-4-9-5-6-10(8(2)7-9)14-11(12)13/h5-7,11H,1-2H3. The SMILES string of the molecule is CC#Cc1ccc(OC(F)F)c(C)c1. The Bertz CT molecular complexity index is 375. The van der Waals surface area contributed by atoms with Crippen LogP contribution in [-0.2, 0) is 0 Å². The van der Waals surface area contributed by atoms with E-state index in [1.165, 1.54) is 6.07 Å². The molecule has 0 bridgehead atoms. The summed E-state index contributed by atoms with van der Waals surface area (Å²) >= 11 is 0. The van der Waals surface area contributed by atoms with Crippen LogP contribution in [0.25, 0.3) is 0 Å². The number of alkyl halides is 2. The molecule has 0 aliphatic rings. The summed E-state index contributed by atoms with van der Waals surface area (Å²) < 4.78 is 28.1. The normalized spacial score (nSPS) is 9.50. The molecule has 0 saturated heterocycles. The van der Waals surface area contributed by atoms with E-state index in [1.807, 2.05) is 0 Å². The average molecular weight is 196 g/mol. The average Bonchev–Trinajstić information content (AvgIpc) is 2.10. The van der Waals surface area contributed by atoms with Crippen LogP contribution in [0.4, 0.5) is 8.78 Å². The van der Waals surface area contributed by atoms with E-state index in [4.69, 9.17) is 0 Å². The second-order valence-electron chi connectivity index (χ2n) is 2.73. The van der Waals surface area contributed by atoms with E-state index in [-0.39, 0.29) is 5.75 Å². The van der Waals surface area contributed by atoms with Crippen molar-refractivity contribution in [3.05, 3.63) is 29.3 Å². The number of halogens is 2. The maximum Gasteiger partial charge on any atom is 0.387 e. The molecule has 1 aromatic rings. The molecule has 0 heterocycles. The molecule has 0 atom stereocenters. The second-order valence-corrected chi connectivity index (χ2v) is 2.73. The molecule has 0 fully saturated rings. The second kappa shape index (κ2) is 4.61. The van der Waals surface area contributed by atoms with Crippen molar-refractivity contribution in [1.29, 1.82) is 0 Å². The first kappa shape index (κ1) is 10.5. The minimum absolute atomic E-state index is 0.196. The molecule has 3 heteroatoms. The summed E-state index contributed by atoms with van der Waals surface area (Å²) in [6.45, 7) is 0.647. The van der Waals surface area contributed by atoms with Crippen molar-refractivity contribution in [3.63, 3.8) is 0 Å². The Morgan fingerprint density at radius 1 is 1.36 bits per heavy atom. The van der Waals surface area contributed by atoms with Gasteiger partial charge in [0.15, 0.2) is 0 Å². The predicted octanol–water partition coefficient (Wildman–Crippen LogP) is 2.97. The van der Waals surface area contributed by atoms with Crippen molar-refractivity contribution in [2.45, 2.75) is 20.5 Å². The molecule has 0 aromatic heterocycles. The van der Waals surface area contributed by atoms with Gasteiger partial charge in [0.25, 0.3) is 0 Å². The molecule has 0 N–H and O–H groups in total. The lowest BCUT2D eigenvalue weighted by Crippen LogP contribution is -2.03. The number of rotatable bonds is 2. The van der Waals surface area contributed by atoms with Crippen LogP contribution in [0.5, 0.6) is 5.75 Å². The summed E-state index contributed by atoms with van der Waals surface area (Å²) in [6.07, 6.45) is 0. The zero-order valence-electron chi connectivity index (χ0n) is 7.97. The first-order chi connectivity index (χ1) is 6.63. The number of ether oxygens (including phenoxy) is 1. The molecule has 74 valence electrons. The summed E-state index contributed by atoms with van der Waals surface area (Å²) in [7, 11) is 0. The van der Waals surface area contributed by atoms with Crippen molar-refractivity contribution in [3.8, 4) is 17.6 Å². The Morgan fingerprint density at radius 3 is 2.57 bits per heavy atom. The smallest absolute Gasteiger partial charge is 0.387 e. The van der Waals surface area contributed by atoms with Gasteiger partial charge >= 0.3 is 6.61 Å².